The maximum Gasteiger partial charge on any atom is 0.0435 e. The highest BCUT2D eigenvalue weighted by Gasteiger charge is 2.01. The van der Waals surface area contributed by atoms with Crippen LogP contribution in [0.25, 0.3) is 0 Å². The van der Waals surface area contributed by atoms with Gasteiger partial charge in [0, 0.05) is 16.1 Å². The SMILES string of the molecule is CC(C)=C(CCl)C(C)[SiH3]. The minimum Gasteiger partial charge on any atom is -0.122 e. The molecule has 0 heterocycles. The minimum atomic E-state index is 0.715. The third kappa shape index (κ3) is 3.07. The monoisotopic (exact) mass is 162 g/mol. The molecule has 0 radical (unpaired) electrons. The Morgan fingerprint density at radius 2 is 2.00 bits per heavy atom. The van der Waals surface area contributed by atoms with E-state index in [-0.39, 0.29) is 0 Å². The summed E-state index contributed by atoms with van der Waals surface area (Å²) in [7, 11) is 1.22. The number of hydrogen-bond donors (Lipinski definition) is 0. The predicted octanol–water partition coefficient (Wildman–Crippen LogP) is 1.74. The average Bonchev–Trinajstić information content (AvgIpc) is 1.64. The normalized spacial score (nSPS) is 13.3. The van der Waals surface area contributed by atoms with Crippen molar-refractivity contribution in [2.75, 3.05) is 5.88 Å². The van der Waals surface area contributed by atoms with Crippen LogP contribution in [-0.4, -0.2) is 16.1 Å². The van der Waals surface area contributed by atoms with Crippen LogP contribution in [0.1, 0.15) is 20.8 Å². The van der Waals surface area contributed by atoms with E-state index in [9.17, 15) is 0 Å². The number of rotatable bonds is 2. The Bertz CT molecular complexity index is 112. The molecule has 0 aliphatic heterocycles. The molecule has 0 aromatic carbocycles. The minimum absolute atomic E-state index is 0.715. The second-order valence-corrected chi connectivity index (χ2v) is 4.81. The third-order valence-electron chi connectivity index (χ3n) is 1.48. The van der Waals surface area contributed by atoms with Crippen LogP contribution in [0.2, 0.25) is 5.54 Å². The van der Waals surface area contributed by atoms with Crippen LogP contribution >= 0.6 is 11.6 Å². The lowest BCUT2D eigenvalue weighted by molar-refractivity contribution is 1.05. The van der Waals surface area contributed by atoms with Gasteiger partial charge in [-0.1, -0.05) is 18.1 Å². The zero-order chi connectivity index (χ0) is 7.44. The molecule has 0 saturated heterocycles. The lowest BCUT2D eigenvalue weighted by Crippen LogP contribution is -1.95. The first-order valence-electron chi connectivity index (χ1n) is 3.31. The van der Waals surface area contributed by atoms with Crippen LogP contribution in [0.5, 0.6) is 0 Å². The van der Waals surface area contributed by atoms with E-state index in [1.165, 1.54) is 21.4 Å². The lowest BCUT2D eigenvalue weighted by Gasteiger charge is -2.08. The molecule has 0 amide bonds. The van der Waals surface area contributed by atoms with Crippen molar-refractivity contribution in [2.45, 2.75) is 26.3 Å². The first-order valence-corrected chi connectivity index (χ1v) is 5.00. The van der Waals surface area contributed by atoms with Crippen LogP contribution in [0, 0.1) is 0 Å². The van der Waals surface area contributed by atoms with Crippen molar-refractivity contribution in [3.63, 3.8) is 0 Å². The smallest absolute Gasteiger partial charge is 0.0435 e. The second-order valence-electron chi connectivity index (χ2n) is 2.81. The largest absolute Gasteiger partial charge is 0.122 e. The summed E-state index contributed by atoms with van der Waals surface area (Å²) in [6.07, 6.45) is 0. The number of alkyl halides is 1. The van der Waals surface area contributed by atoms with Crippen LogP contribution in [0.3, 0.4) is 0 Å². The van der Waals surface area contributed by atoms with E-state index in [4.69, 9.17) is 11.6 Å². The van der Waals surface area contributed by atoms with Gasteiger partial charge >= 0.3 is 0 Å². The van der Waals surface area contributed by atoms with Crippen LogP contribution in [0.15, 0.2) is 11.1 Å². The van der Waals surface area contributed by atoms with Gasteiger partial charge in [0.15, 0.2) is 0 Å². The van der Waals surface area contributed by atoms with E-state index < -0.39 is 0 Å². The quantitative estimate of drug-likeness (QED) is 0.330. The van der Waals surface area contributed by atoms with Gasteiger partial charge in [-0.05, 0) is 19.4 Å². The van der Waals surface area contributed by atoms with Crippen molar-refractivity contribution in [3.05, 3.63) is 11.1 Å². The fourth-order valence-electron chi connectivity index (χ4n) is 0.865. The van der Waals surface area contributed by atoms with E-state index in [0.717, 1.165) is 5.54 Å². The van der Waals surface area contributed by atoms with Crippen molar-refractivity contribution in [3.8, 4) is 0 Å². The predicted molar refractivity (Wildman–Crippen MR) is 48.5 cm³/mol. The van der Waals surface area contributed by atoms with Crippen molar-refractivity contribution >= 4 is 21.8 Å². The standard InChI is InChI=1S/C7H15ClSi/c1-5(2)7(4-8)6(3)9/h6H,4H2,1-3,9H3. The summed E-state index contributed by atoms with van der Waals surface area (Å²) in [6.45, 7) is 6.50. The molecule has 2 heteroatoms. The van der Waals surface area contributed by atoms with Gasteiger partial charge in [0.25, 0.3) is 0 Å². The Labute approximate surface area is 65.7 Å². The number of hydrogen-bond acceptors (Lipinski definition) is 0. The average molecular weight is 163 g/mol. The Balaban J connectivity index is 4.16. The molecule has 54 valence electrons. The lowest BCUT2D eigenvalue weighted by atomic mass is 10.1. The zero-order valence-corrected chi connectivity index (χ0v) is 9.42. The van der Waals surface area contributed by atoms with Gasteiger partial charge in [-0.15, -0.1) is 11.6 Å². The highest BCUT2D eigenvalue weighted by molar-refractivity contribution is 6.21. The van der Waals surface area contributed by atoms with E-state index in [0.29, 0.717) is 5.88 Å². The Hall–Kier alpha value is 0.247. The van der Waals surface area contributed by atoms with E-state index in [1.54, 1.807) is 0 Å². The maximum absolute atomic E-state index is 5.72. The van der Waals surface area contributed by atoms with Crippen molar-refractivity contribution < 1.29 is 0 Å². The molecule has 0 bridgehead atoms. The van der Waals surface area contributed by atoms with Gasteiger partial charge in [-0.2, -0.15) is 0 Å². The molecule has 0 saturated carbocycles. The van der Waals surface area contributed by atoms with Gasteiger partial charge < -0.3 is 0 Å². The molecule has 0 aromatic rings. The molecule has 0 aromatic heterocycles. The van der Waals surface area contributed by atoms with Crippen molar-refractivity contribution in [2.24, 2.45) is 0 Å². The summed E-state index contributed by atoms with van der Waals surface area (Å²) in [5.74, 6) is 0.715. The van der Waals surface area contributed by atoms with Crippen molar-refractivity contribution in [1.29, 1.82) is 0 Å². The number of allylic oxidation sites excluding steroid dienone is 2. The first-order chi connectivity index (χ1) is 4.09. The summed E-state index contributed by atoms with van der Waals surface area (Å²) >= 11 is 5.72. The summed E-state index contributed by atoms with van der Waals surface area (Å²) in [5.41, 5.74) is 3.57. The summed E-state index contributed by atoms with van der Waals surface area (Å²) < 4.78 is 0. The zero-order valence-electron chi connectivity index (χ0n) is 6.66. The topological polar surface area (TPSA) is 0 Å². The second kappa shape index (κ2) is 4.12. The molecule has 0 N–H and O–H groups in total. The Morgan fingerprint density at radius 3 is 2.00 bits per heavy atom. The van der Waals surface area contributed by atoms with E-state index in [1.807, 2.05) is 0 Å². The fourth-order valence-corrected chi connectivity index (χ4v) is 2.48. The van der Waals surface area contributed by atoms with Crippen LogP contribution in [0.4, 0.5) is 0 Å². The Morgan fingerprint density at radius 1 is 1.56 bits per heavy atom. The molecule has 0 nitrogen and oxygen atoms in total. The van der Waals surface area contributed by atoms with Crippen molar-refractivity contribution in [1.82, 2.24) is 0 Å². The fraction of sp³-hybridized carbons (Fsp3) is 0.714. The molecule has 1 atom stereocenters. The van der Waals surface area contributed by atoms with Crippen LogP contribution < -0.4 is 0 Å². The number of halogens is 1. The maximum atomic E-state index is 5.72. The molecular weight excluding hydrogens is 148 g/mol. The summed E-state index contributed by atoms with van der Waals surface area (Å²) in [4.78, 5) is 0. The van der Waals surface area contributed by atoms with Crippen LogP contribution in [-0.2, 0) is 0 Å². The Kier molecular flexibility index (Phi) is 4.24. The molecule has 9 heavy (non-hydrogen) atoms. The highest BCUT2D eigenvalue weighted by atomic mass is 35.5. The molecular formula is C7H15ClSi. The van der Waals surface area contributed by atoms with Gasteiger partial charge in [0.05, 0.1) is 0 Å². The summed E-state index contributed by atoms with van der Waals surface area (Å²) in [5, 5.41) is 0. The molecule has 1 unspecified atom stereocenters. The van der Waals surface area contributed by atoms with E-state index in [2.05, 4.69) is 20.8 Å². The highest BCUT2D eigenvalue weighted by Crippen LogP contribution is 2.17. The third-order valence-corrected chi connectivity index (χ3v) is 2.47. The van der Waals surface area contributed by atoms with Gasteiger partial charge in [0.1, 0.15) is 0 Å². The van der Waals surface area contributed by atoms with Gasteiger partial charge in [0.2, 0.25) is 0 Å². The first kappa shape index (κ1) is 9.25. The van der Waals surface area contributed by atoms with Gasteiger partial charge in [-0.3, -0.25) is 0 Å². The molecule has 0 spiro atoms. The summed E-state index contributed by atoms with van der Waals surface area (Å²) in [6, 6.07) is 0. The van der Waals surface area contributed by atoms with E-state index >= 15 is 0 Å². The molecule has 0 aliphatic carbocycles. The van der Waals surface area contributed by atoms with Gasteiger partial charge in [-0.25, -0.2) is 0 Å². The molecule has 0 aliphatic rings. The molecule has 0 fully saturated rings. The molecule has 0 rings (SSSR count).